The van der Waals surface area contributed by atoms with Gasteiger partial charge in [-0.3, -0.25) is 4.79 Å². The van der Waals surface area contributed by atoms with Crippen molar-refractivity contribution in [3.05, 3.63) is 39.9 Å². The van der Waals surface area contributed by atoms with Gasteiger partial charge in [0.1, 0.15) is 11.1 Å². The van der Waals surface area contributed by atoms with E-state index in [1.807, 2.05) is 17.0 Å². The summed E-state index contributed by atoms with van der Waals surface area (Å²) in [5.41, 5.74) is 1.44. The molecular formula is C18H22ClN5O2. The summed E-state index contributed by atoms with van der Waals surface area (Å²) in [6, 6.07) is 4.61. The molecule has 2 atom stereocenters. The van der Waals surface area contributed by atoms with E-state index in [2.05, 4.69) is 27.0 Å². The average molecular weight is 376 g/mol. The van der Waals surface area contributed by atoms with Gasteiger partial charge in [-0.25, -0.2) is 10.1 Å². The Labute approximate surface area is 156 Å². The lowest BCUT2D eigenvalue weighted by atomic mass is 10.2. The number of hydrogen-bond donors (Lipinski definition) is 1. The molecular weight excluding hydrogens is 354 g/mol. The van der Waals surface area contributed by atoms with Gasteiger partial charge in [0.2, 0.25) is 5.88 Å². The van der Waals surface area contributed by atoms with Crippen LogP contribution >= 0.6 is 11.6 Å². The quantitative estimate of drug-likeness (QED) is 0.884. The Kier molecular flexibility index (Phi) is 4.72. The molecule has 0 amide bonds. The van der Waals surface area contributed by atoms with E-state index < -0.39 is 0 Å². The highest BCUT2D eigenvalue weighted by Gasteiger charge is 2.27. The lowest BCUT2D eigenvalue weighted by molar-refractivity contribution is 0.216. The molecule has 4 heterocycles. The van der Waals surface area contributed by atoms with Crippen LogP contribution in [0.15, 0.2) is 29.3 Å². The molecule has 2 aromatic heterocycles. The molecule has 2 fully saturated rings. The highest BCUT2D eigenvalue weighted by molar-refractivity contribution is 6.33. The number of rotatable bonds is 4. The van der Waals surface area contributed by atoms with Crippen molar-refractivity contribution in [3.8, 4) is 5.88 Å². The van der Waals surface area contributed by atoms with E-state index in [0.717, 1.165) is 25.2 Å². The molecule has 8 heteroatoms. The third-order valence-corrected chi connectivity index (χ3v) is 5.52. The zero-order valence-corrected chi connectivity index (χ0v) is 15.4. The molecule has 1 unspecified atom stereocenters. The topological polar surface area (TPSA) is 74.3 Å². The number of anilines is 2. The summed E-state index contributed by atoms with van der Waals surface area (Å²) >= 11 is 6.10. The monoisotopic (exact) mass is 375 g/mol. The zero-order chi connectivity index (χ0) is 18.1. The predicted molar refractivity (Wildman–Crippen MR) is 101 cm³/mol. The first-order valence-electron chi connectivity index (χ1n) is 8.99. The van der Waals surface area contributed by atoms with Crippen LogP contribution in [0.2, 0.25) is 5.02 Å². The number of ether oxygens (including phenoxy) is 1. The van der Waals surface area contributed by atoms with Gasteiger partial charge in [0.15, 0.2) is 0 Å². The molecule has 0 bridgehead atoms. The molecule has 4 rings (SSSR count). The second kappa shape index (κ2) is 7.15. The SMILES string of the molecule is CC1CCCN1c1ccnc(O[C@@H]2CCN(c3cn[nH]c(=O)c3Cl)C2)c1. The van der Waals surface area contributed by atoms with Crippen molar-refractivity contribution in [2.75, 3.05) is 29.4 Å². The third-order valence-electron chi connectivity index (χ3n) is 5.15. The lowest BCUT2D eigenvalue weighted by Crippen LogP contribution is -2.27. The lowest BCUT2D eigenvalue weighted by Gasteiger charge is -2.24. The molecule has 0 saturated carbocycles. The Bertz CT molecular complexity index is 842. The first-order chi connectivity index (χ1) is 12.6. The normalized spacial score (nSPS) is 22.8. The average Bonchev–Trinajstić information content (AvgIpc) is 3.27. The highest BCUT2D eigenvalue weighted by Crippen LogP contribution is 2.29. The van der Waals surface area contributed by atoms with Crippen LogP contribution in [0.5, 0.6) is 5.88 Å². The first-order valence-corrected chi connectivity index (χ1v) is 9.37. The summed E-state index contributed by atoms with van der Waals surface area (Å²) in [6.45, 7) is 4.74. The van der Waals surface area contributed by atoms with Crippen LogP contribution in [0.4, 0.5) is 11.4 Å². The summed E-state index contributed by atoms with van der Waals surface area (Å²) in [7, 11) is 0. The molecule has 2 aliphatic rings. The second-order valence-electron chi connectivity index (χ2n) is 6.91. The number of pyridine rings is 1. The fourth-order valence-electron chi connectivity index (χ4n) is 3.77. The highest BCUT2D eigenvalue weighted by atomic mass is 35.5. The standard InChI is InChI=1S/C18H22ClN5O2/c1-12-3-2-7-24(12)13-4-6-20-16(9-13)26-14-5-8-23(11-14)15-10-21-22-18(25)17(15)19/h4,6,9-10,12,14H,2-3,5,7-8,11H2,1H3,(H,22,25)/t12?,14-/m1/s1. The van der Waals surface area contributed by atoms with Gasteiger partial charge in [-0.05, 0) is 25.8 Å². The maximum atomic E-state index is 11.6. The molecule has 0 aliphatic carbocycles. The number of nitrogens with zero attached hydrogens (tertiary/aromatic N) is 4. The van der Waals surface area contributed by atoms with Crippen molar-refractivity contribution in [3.63, 3.8) is 0 Å². The summed E-state index contributed by atoms with van der Waals surface area (Å²) in [4.78, 5) is 20.4. The molecule has 0 radical (unpaired) electrons. The number of aromatic nitrogens is 3. The Morgan fingerprint density at radius 1 is 1.35 bits per heavy atom. The van der Waals surface area contributed by atoms with Crippen LogP contribution in [0.3, 0.4) is 0 Å². The van der Waals surface area contributed by atoms with Gasteiger partial charge in [-0.15, -0.1) is 0 Å². The minimum atomic E-state index is -0.373. The predicted octanol–water partition coefficient (Wildman–Crippen LogP) is 2.46. The van der Waals surface area contributed by atoms with Gasteiger partial charge in [0.25, 0.3) is 5.56 Å². The summed E-state index contributed by atoms with van der Waals surface area (Å²) in [6.07, 6.45) is 6.68. The van der Waals surface area contributed by atoms with Crippen molar-refractivity contribution < 1.29 is 4.74 Å². The van der Waals surface area contributed by atoms with Crippen molar-refractivity contribution in [1.82, 2.24) is 15.2 Å². The van der Waals surface area contributed by atoms with E-state index in [4.69, 9.17) is 16.3 Å². The second-order valence-corrected chi connectivity index (χ2v) is 7.29. The van der Waals surface area contributed by atoms with Crippen molar-refractivity contribution in [1.29, 1.82) is 0 Å². The summed E-state index contributed by atoms with van der Waals surface area (Å²) in [5, 5.41) is 6.35. The van der Waals surface area contributed by atoms with Gasteiger partial charge in [-0.1, -0.05) is 11.6 Å². The van der Waals surface area contributed by atoms with Gasteiger partial charge < -0.3 is 14.5 Å². The van der Waals surface area contributed by atoms with Crippen LogP contribution in [0.25, 0.3) is 0 Å². The number of nitrogens with one attached hydrogen (secondary N) is 1. The first kappa shape index (κ1) is 17.1. The smallest absolute Gasteiger partial charge is 0.285 e. The number of halogens is 1. The van der Waals surface area contributed by atoms with Crippen LogP contribution in [0.1, 0.15) is 26.2 Å². The van der Waals surface area contributed by atoms with Crippen LogP contribution in [-0.2, 0) is 0 Å². The third kappa shape index (κ3) is 3.35. The zero-order valence-electron chi connectivity index (χ0n) is 14.7. The van der Waals surface area contributed by atoms with Gasteiger partial charge >= 0.3 is 0 Å². The number of H-pyrrole nitrogens is 1. The van der Waals surface area contributed by atoms with Crippen LogP contribution < -0.4 is 20.1 Å². The molecule has 1 N–H and O–H groups in total. The van der Waals surface area contributed by atoms with Crippen molar-refractivity contribution in [2.45, 2.75) is 38.3 Å². The van der Waals surface area contributed by atoms with E-state index in [0.29, 0.717) is 24.2 Å². The molecule has 0 aromatic carbocycles. The van der Waals surface area contributed by atoms with Crippen LogP contribution in [0, 0.1) is 0 Å². The molecule has 0 spiro atoms. The Morgan fingerprint density at radius 2 is 2.23 bits per heavy atom. The summed E-state index contributed by atoms with van der Waals surface area (Å²) < 4.78 is 6.10. The van der Waals surface area contributed by atoms with Gasteiger partial charge in [-0.2, -0.15) is 5.10 Å². The molecule has 138 valence electrons. The Morgan fingerprint density at radius 3 is 3.04 bits per heavy atom. The van der Waals surface area contributed by atoms with Gasteiger partial charge in [0, 0.05) is 43.5 Å². The van der Waals surface area contributed by atoms with Crippen molar-refractivity contribution >= 4 is 23.0 Å². The molecule has 7 nitrogen and oxygen atoms in total. The minimum absolute atomic E-state index is 0.00380. The minimum Gasteiger partial charge on any atom is -0.472 e. The van der Waals surface area contributed by atoms with E-state index in [1.54, 1.807) is 12.4 Å². The fraction of sp³-hybridized carbons (Fsp3) is 0.500. The molecule has 2 aliphatic heterocycles. The molecule has 2 saturated heterocycles. The number of aromatic amines is 1. The molecule has 2 aromatic rings. The number of hydrogen-bond acceptors (Lipinski definition) is 6. The molecule has 26 heavy (non-hydrogen) atoms. The van der Waals surface area contributed by atoms with Crippen molar-refractivity contribution in [2.24, 2.45) is 0 Å². The van der Waals surface area contributed by atoms with E-state index in [-0.39, 0.29) is 16.7 Å². The largest absolute Gasteiger partial charge is 0.472 e. The summed E-state index contributed by atoms with van der Waals surface area (Å²) in [5.74, 6) is 0.642. The maximum Gasteiger partial charge on any atom is 0.285 e. The fourth-order valence-corrected chi connectivity index (χ4v) is 3.98. The van der Waals surface area contributed by atoms with Crippen LogP contribution in [-0.4, -0.2) is 47.0 Å². The van der Waals surface area contributed by atoms with E-state index in [9.17, 15) is 4.79 Å². The van der Waals surface area contributed by atoms with E-state index in [1.165, 1.54) is 12.8 Å². The van der Waals surface area contributed by atoms with Gasteiger partial charge in [0.05, 0.1) is 18.4 Å². The Hall–Kier alpha value is -2.28. The van der Waals surface area contributed by atoms with E-state index >= 15 is 0 Å². The maximum absolute atomic E-state index is 11.6. The Balaban J connectivity index is 1.44.